The molecule has 0 atom stereocenters. The van der Waals surface area contributed by atoms with Crippen LogP contribution in [0.3, 0.4) is 0 Å². The number of imide groups is 1. The van der Waals surface area contributed by atoms with Gasteiger partial charge in [0.05, 0.1) is 24.8 Å². The second-order valence-corrected chi connectivity index (χ2v) is 5.72. The molecule has 1 heterocycles. The number of fused-ring (bicyclic) bond motifs is 1. The molecule has 112 valence electrons. The molecule has 0 aliphatic carbocycles. The standard InChI is InChI=1S/C15H17NO5/c1-15(2,3)21-14(19)16-11-6-5-9(13(18)20-4)7-10(11)8-12(16)17/h5-7H,8H2,1-4H3. The van der Waals surface area contributed by atoms with Gasteiger partial charge in [-0.05, 0) is 44.5 Å². The Labute approximate surface area is 122 Å². The molecule has 1 aliphatic rings. The summed E-state index contributed by atoms with van der Waals surface area (Å²) < 4.78 is 9.86. The van der Waals surface area contributed by atoms with Gasteiger partial charge in [0, 0.05) is 0 Å². The van der Waals surface area contributed by atoms with E-state index in [9.17, 15) is 14.4 Å². The second-order valence-electron chi connectivity index (χ2n) is 5.72. The maximum Gasteiger partial charge on any atom is 0.421 e. The van der Waals surface area contributed by atoms with E-state index in [1.165, 1.54) is 13.2 Å². The predicted octanol–water partition coefficient (Wildman–Crippen LogP) is 2.30. The molecular weight excluding hydrogens is 274 g/mol. The third-order valence-electron chi connectivity index (χ3n) is 2.91. The summed E-state index contributed by atoms with van der Waals surface area (Å²) in [6.07, 6.45) is -0.656. The van der Waals surface area contributed by atoms with E-state index in [2.05, 4.69) is 4.74 Å². The number of amides is 2. The molecule has 0 aromatic heterocycles. The zero-order valence-electron chi connectivity index (χ0n) is 12.4. The van der Waals surface area contributed by atoms with Gasteiger partial charge in [0.25, 0.3) is 0 Å². The number of benzene rings is 1. The van der Waals surface area contributed by atoms with Crippen LogP contribution in [0, 0.1) is 0 Å². The number of anilines is 1. The van der Waals surface area contributed by atoms with Crippen molar-refractivity contribution in [2.24, 2.45) is 0 Å². The minimum absolute atomic E-state index is 0.0550. The van der Waals surface area contributed by atoms with Crippen LogP contribution in [0.4, 0.5) is 10.5 Å². The van der Waals surface area contributed by atoms with Crippen molar-refractivity contribution in [3.8, 4) is 0 Å². The number of hydrogen-bond donors (Lipinski definition) is 0. The summed E-state index contributed by atoms with van der Waals surface area (Å²) in [5.74, 6) is -0.859. The van der Waals surface area contributed by atoms with Crippen molar-refractivity contribution in [3.05, 3.63) is 29.3 Å². The van der Waals surface area contributed by atoms with Crippen LogP contribution in [0.5, 0.6) is 0 Å². The number of methoxy groups -OCH3 is 1. The molecule has 0 bridgehead atoms. The van der Waals surface area contributed by atoms with Crippen molar-refractivity contribution in [1.82, 2.24) is 0 Å². The Morgan fingerprint density at radius 2 is 1.90 bits per heavy atom. The molecule has 0 spiro atoms. The topological polar surface area (TPSA) is 72.9 Å². The number of ether oxygens (including phenoxy) is 2. The van der Waals surface area contributed by atoms with E-state index in [0.717, 1.165) is 4.90 Å². The average Bonchev–Trinajstić information content (AvgIpc) is 2.70. The monoisotopic (exact) mass is 291 g/mol. The van der Waals surface area contributed by atoms with Crippen LogP contribution < -0.4 is 4.90 Å². The molecule has 0 N–H and O–H groups in total. The second kappa shape index (κ2) is 5.20. The van der Waals surface area contributed by atoms with Crippen LogP contribution in [0.15, 0.2) is 18.2 Å². The lowest BCUT2D eigenvalue weighted by Crippen LogP contribution is -2.38. The molecule has 0 saturated carbocycles. The Kier molecular flexibility index (Phi) is 3.72. The number of esters is 1. The minimum Gasteiger partial charge on any atom is -0.465 e. The molecule has 21 heavy (non-hydrogen) atoms. The molecule has 1 aliphatic heterocycles. The van der Waals surface area contributed by atoms with Gasteiger partial charge in [0.1, 0.15) is 5.60 Å². The molecule has 0 fully saturated rings. The Hall–Kier alpha value is -2.37. The van der Waals surface area contributed by atoms with E-state index >= 15 is 0 Å². The van der Waals surface area contributed by atoms with E-state index in [4.69, 9.17) is 4.74 Å². The molecule has 6 heteroatoms. The lowest BCUT2D eigenvalue weighted by atomic mass is 10.1. The summed E-state index contributed by atoms with van der Waals surface area (Å²) in [5.41, 5.74) is 0.706. The first-order valence-electron chi connectivity index (χ1n) is 6.50. The Balaban J connectivity index is 2.32. The maximum absolute atomic E-state index is 12.1. The molecule has 0 unspecified atom stereocenters. The van der Waals surface area contributed by atoms with Gasteiger partial charge in [-0.3, -0.25) is 4.79 Å². The van der Waals surface area contributed by atoms with Crippen molar-refractivity contribution in [2.75, 3.05) is 12.0 Å². The predicted molar refractivity (Wildman–Crippen MR) is 75.2 cm³/mol. The quantitative estimate of drug-likeness (QED) is 0.742. The summed E-state index contributed by atoms with van der Waals surface area (Å²) in [6.45, 7) is 5.19. The average molecular weight is 291 g/mol. The van der Waals surface area contributed by atoms with Crippen LogP contribution in [0.1, 0.15) is 36.7 Å². The summed E-state index contributed by atoms with van der Waals surface area (Å²) in [5, 5.41) is 0. The first kappa shape index (κ1) is 15.0. The highest BCUT2D eigenvalue weighted by atomic mass is 16.6. The van der Waals surface area contributed by atoms with Crippen LogP contribution in [0.2, 0.25) is 0 Å². The van der Waals surface area contributed by atoms with Crippen molar-refractivity contribution < 1.29 is 23.9 Å². The van der Waals surface area contributed by atoms with Crippen molar-refractivity contribution in [1.29, 1.82) is 0 Å². The highest BCUT2D eigenvalue weighted by molar-refractivity contribution is 6.17. The van der Waals surface area contributed by atoms with Crippen molar-refractivity contribution in [2.45, 2.75) is 32.8 Å². The van der Waals surface area contributed by atoms with Crippen LogP contribution in [-0.4, -0.2) is 30.7 Å². The summed E-state index contributed by atoms with van der Waals surface area (Å²) in [7, 11) is 1.29. The molecule has 2 rings (SSSR count). The minimum atomic E-state index is -0.711. The number of nitrogens with zero attached hydrogens (tertiary/aromatic N) is 1. The number of carbonyl (C=O) groups is 3. The third kappa shape index (κ3) is 3.04. The van der Waals surface area contributed by atoms with Gasteiger partial charge in [0.15, 0.2) is 0 Å². The van der Waals surface area contributed by atoms with Gasteiger partial charge in [-0.25, -0.2) is 14.5 Å². The van der Waals surface area contributed by atoms with Crippen LogP contribution in [-0.2, 0) is 20.7 Å². The maximum atomic E-state index is 12.1. The van der Waals surface area contributed by atoms with Crippen LogP contribution in [0.25, 0.3) is 0 Å². The molecule has 1 aromatic rings. The fourth-order valence-corrected chi connectivity index (χ4v) is 2.07. The van der Waals surface area contributed by atoms with Crippen molar-refractivity contribution >= 4 is 23.7 Å². The lowest BCUT2D eigenvalue weighted by Gasteiger charge is -2.23. The molecule has 2 amide bonds. The van der Waals surface area contributed by atoms with Gasteiger partial charge in [-0.2, -0.15) is 0 Å². The molecular formula is C15H17NO5. The Morgan fingerprint density at radius 3 is 2.48 bits per heavy atom. The molecule has 1 aromatic carbocycles. The van der Waals surface area contributed by atoms with Gasteiger partial charge in [-0.1, -0.05) is 0 Å². The first-order chi connectivity index (χ1) is 9.73. The zero-order valence-corrected chi connectivity index (χ0v) is 12.4. The van der Waals surface area contributed by atoms with E-state index in [1.54, 1.807) is 32.9 Å². The molecule has 0 radical (unpaired) electrons. The van der Waals surface area contributed by atoms with Gasteiger partial charge >= 0.3 is 12.1 Å². The largest absolute Gasteiger partial charge is 0.465 e. The molecule has 6 nitrogen and oxygen atoms in total. The Morgan fingerprint density at radius 1 is 1.24 bits per heavy atom. The number of rotatable bonds is 1. The van der Waals surface area contributed by atoms with Gasteiger partial charge < -0.3 is 9.47 Å². The molecule has 0 saturated heterocycles. The highest BCUT2D eigenvalue weighted by Gasteiger charge is 2.35. The first-order valence-corrected chi connectivity index (χ1v) is 6.50. The summed E-state index contributed by atoms with van der Waals surface area (Å²) >= 11 is 0. The van der Waals surface area contributed by atoms with E-state index in [0.29, 0.717) is 16.8 Å². The Bertz CT molecular complexity index is 615. The number of carbonyl (C=O) groups excluding carboxylic acids is 3. The smallest absolute Gasteiger partial charge is 0.421 e. The van der Waals surface area contributed by atoms with E-state index in [1.807, 2.05) is 0 Å². The fraction of sp³-hybridized carbons (Fsp3) is 0.400. The third-order valence-corrected chi connectivity index (χ3v) is 2.91. The van der Waals surface area contributed by atoms with E-state index in [-0.39, 0.29) is 12.3 Å². The fourth-order valence-electron chi connectivity index (χ4n) is 2.07. The SMILES string of the molecule is COC(=O)c1ccc2c(c1)CC(=O)N2C(=O)OC(C)(C)C. The lowest BCUT2D eigenvalue weighted by molar-refractivity contribution is -0.117. The number of hydrogen-bond acceptors (Lipinski definition) is 5. The summed E-state index contributed by atoms with van der Waals surface area (Å²) in [4.78, 5) is 36.6. The zero-order chi connectivity index (χ0) is 15.8. The van der Waals surface area contributed by atoms with Gasteiger partial charge in [0.2, 0.25) is 5.91 Å². The van der Waals surface area contributed by atoms with E-state index < -0.39 is 17.7 Å². The van der Waals surface area contributed by atoms with Crippen LogP contribution >= 0.6 is 0 Å². The van der Waals surface area contributed by atoms with Crippen molar-refractivity contribution in [3.63, 3.8) is 0 Å². The normalized spacial score (nSPS) is 13.9. The summed E-state index contributed by atoms with van der Waals surface area (Å²) in [6, 6.07) is 4.63. The highest BCUT2D eigenvalue weighted by Crippen LogP contribution is 2.31. The van der Waals surface area contributed by atoms with Gasteiger partial charge in [-0.15, -0.1) is 0 Å².